The van der Waals surface area contributed by atoms with Gasteiger partial charge in [-0.25, -0.2) is 0 Å². The summed E-state index contributed by atoms with van der Waals surface area (Å²) in [7, 11) is 0. The Labute approximate surface area is 167 Å². The van der Waals surface area contributed by atoms with Gasteiger partial charge < -0.3 is 5.73 Å². The van der Waals surface area contributed by atoms with Gasteiger partial charge in [-0.1, -0.05) is 71.9 Å². The molecule has 3 aromatic carbocycles. The Morgan fingerprint density at radius 1 is 0.889 bits per heavy atom. The molecule has 0 bridgehead atoms. The van der Waals surface area contributed by atoms with Crippen LogP contribution in [0.25, 0.3) is 17.1 Å². The number of para-hydroxylation sites is 1. The fourth-order valence-electron chi connectivity index (χ4n) is 2.80. The summed E-state index contributed by atoms with van der Waals surface area (Å²) in [5.41, 5.74) is 9.66. The average molecular weight is 393 g/mol. The first kappa shape index (κ1) is 17.6. The van der Waals surface area contributed by atoms with Crippen LogP contribution in [0.3, 0.4) is 0 Å². The Kier molecular flexibility index (Phi) is 5.14. The maximum absolute atomic E-state index is 6.30. The maximum atomic E-state index is 6.30. The number of hydrogen-bond donors (Lipinski definition) is 1. The lowest BCUT2D eigenvalue weighted by Gasteiger charge is -2.11. The van der Waals surface area contributed by atoms with Gasteiger partial charge in [0.25, 0.3) is 0 Å². The molecule has 2 N–H and O–H groups in total. The van der Waals surface area contributed by atoms with Crippen LogP contribution >= 0.6 is 23.4 Å². The van der Waals surface area contributed by atoms with Crippen LogP contribution in [0.5, 0.6) is 0 Å². The van der Waals surface area contributed by atoms with Crippen molar-refractivity contribution in [3.8, 4) is 17.1 Å². The van der Waals surface area contributed by atoms with Crippen LogP contribution < -0.4 is 5.73 Å². The van der Waals surface area contributed by atoms with Crippen molar-refractivity contribution in [2.24, 2.45) is 0 Å². The zero-order valence-corrected chi connectivity index (χ0v) is 16.0. The molecule has 0 saturated carbocycles. The van der Waals surface area contributed by atoms with Gasteiger partial charge in [-0.2, -0.15) is 0 Å². The highest BCUT2D eigenvalue weighted by atomic mass is 35.5. The van der Waals surface area contributed by atoms with Crippen LogP contribution in [0.2, 0.25) is 5.02 Å². The maximum Gasteiger partial charge on any atom is 0.196 e. The van der Waals surface area contributed by atoms with E-state index in [1.165, 1.54) is 0 Å². The minimum atomic E-state index is 0.695. The monoisotopic (exact) mass is 392 g/mol. The molecule has 4 nitrogen and oxygen atoms in total. The number of benzene rings is 3. The first-order valence-corrected chi connectivity index (χ1v) is 9.82. The Balaban J connectivity index is 1.75. The lowest BCUT2D eigenvalue weighted by Crippen LogP contribution is -2.00. The van der Waals surface area contributed by atoms with Gasteiger partial charge in [-0.05, 0) is 35.9 Å². The number of hydrogen-bond acceptors (Lipinski definition) is 4. The normalized spacial score (nSPS) is 10.9. The summed E-state index contributed by atoms with van der Waals surface area (Å²) < 4.78 is 2.05. The Bertz CT molecular complexity index is 1060. The van der Waals surface area contributed by atoms with Crippen LogP contribution in [0.15, 0.2) is 84.0 Å². The number of anilines is 1. The third-order valence-electron chi connectivity index (χ3n) is 4.11. The molecule has 1 aromatic heterocycles. The Hall–Kier alpha value is -2.76. The second-order valence-corrected chi connectivity index (χ2v) is 7.33. The second-order valence-electron chi connectivity index (χ2n) is 5.98. The van der Waals surface area contributed by atoms with Crippen LogP contribution in [0.4, 0.5) is 5.69 Å². The van der Waals surface area contributed by atoms with E-state index in [1.54, 1.807) is 11.8 Å². The molecule has 4 aromatic rings. The van der Waals surface area contributed by atoms with Gasteiger partial charge in [0.1, 0.15) is 0 Å². The summed E-state index contributed by atoms with van der Waals surface area (Å²) in [6, 6.07) is 25.6. The smallest absolute Gasteiger partial charge is 0.196 e. The highest BCUT2D eigenvalue weighted by molar-refractivity contribution is 7.98. The van der Waals surface area contributed by atoms with Crippen LogP contribution in [-0.4, -0.2) is 14.8 Å². The largest absolute Gasteiger partial charge is 0.399 e. The molecule has 0 amide bonds. The van der Waals surface area contributed by atoms with Gasteiger partial charge >= 0.3 is 0 Å². The lowest BCUT2D eigenvalue weighted by atomic mass is 10.2. The van der Waals surface area contributed by atoms with E-state index in [0.29, 0.717) is 11.4 Å². The molecule has 4 rings (SSSR count). The molecule has 0 unspecified atom stereocenters. The van der Waals surface area contributed by atoms with Crippen LogP contribution in [0.1, 0.15) is 5.56 Å². The molecule has 0 aliphatic carbocycles. The molecule has 0 saturated heterocycles. The zero-order chi connectivity index (χ0) is 18.6. The van der Waals surface area contributed by atoms with E-state index >= 15 is 0 Å². The van der Waals surface area contributed by atoms with Crippen molar-refractivity contribution in [2.45, 2.75) is 10.9 Å². The quantitative estimate of drug-likeness (QED) is 0.362. The fraction of sp³-hybridized carbons (Fsp3) is 0.0476. The molecule has 0 spiro atoms. The SMILES string of the molecule is Nc1cccc(-c2nnc(SCc3ccccc3Cl)n2-c2ccccc2)c1. The third kappa shape index (κ3) is 3.84. The number of aromatic nitrogens is 3. The van der Waals surface area contributed by atoms with E-state index in [2.05, 4.69) is 14.8 Å². The standard InChI is InChI=1S/C21H17ClN4S/c22-19-12-5-4-7-16(19)14-27-21-25-24-20(15-8-6-9-17(23)13-15)26(21)18-10-2-1-3-11-18/h1-13H,14,23H2. The molecule has 0 atom stereocenters. The van der Waals surface area contributed by atoms with E-state index in [9.17, 15) is 0 Å². The van der Waals surface area contributed by atoms with Crippen molar-refractivity contribution in [3.05, 3.63) is 89.4 Å². The van der Waals surface area contributed by atoms with Gasteiger partial charge in [-0.15, -0.1) is 10.2 Å². The zero-order valence-electron chi connectivity index (χ0n) is 14.4. The highest BCUT2D eigenvalue weighted by Crippen LogP contribution is 2.31. The van der Waals surface area contributed by atoms with E-state index in [0.717, 1.165) is 32.8 Å². The summed E-state index contributed by atoms with van der Waals surface area (Å²) in [5.74, 6) is 1.47. The first-order chi connectivity index (χ1) is 13.2. The van der Waals surface area contributed by atoms with Crippen molar-refractivity contribution >= 4 is 29.1 Å². The number of halogens is 1. The first-order valence-electron chi connectivity index (χ1n) is 8.45. The van der Waals surface area contributed by atoms with Crippen LogP contribution in [0, 0.1) is 0 Å². The van der Waals surface area contributed by atoms with E-state index in [-0.39, 0.29) is 0 Å². The van der Waals surface area contributed by atoms with Crippen molar-refractivity contribution in [1.29, 1.82) is 0 Å². The number of rotatable bonds is 5. The second kappa shape index (κ2) is 7.86. The summed E-state index contributed by atoms with van der Waals surface area (Å²) in [5, 5.41) is 10.4. The summed E-state index contributed by atoms with van der Waals surface area (Å²) in [6.07, 6.45) is 0. The molecule has 0 fully saturated rings. The van der Waals surface area contributed by atoms with Crippen LogP contribution in [-0.2, 0) is 5.75 Å². The molecule has 134 valence electrons. The number of nitrogens with zero attached hydrogens (tertiary/aromatic N) is 3. The van der Waals surface area contributed by atoms with E-state index in [4.69, 9.17) is 17.3 Å². The molecule has 27 heavy (non-hydrogen) atoms. The van der Waals surface area contributed by atoms with Gasteiger partial charge in [0, 0.05) is 27.7 Å². The van der Waals surface area contributed by atoms with Gasteiger partial charge in [0.05, 0.1) is 0 Å². The lowest BCUT2D eigenvalue weighted by molar-refractivity contribution is 0.886. The predicted octanol–water partition coefficient (Wildman–Crippen LogP) is 5.46. The molecule has 6 heteroatoms. The molecule has 0 aliphatic heterocycles. The molecule has 0 radical (unpaired) electrons. The fourth-order valence-corrected chi connectivity index (χ4v) is 4.03. The van der Waals surface area contributed by atoms with Crippen molar-refractivity contribution in [1.82, 2.24) is 14.8 Å². The van der Waals surface area contributed by atoms with Gasteiger partial charge in [-0.3, -0.25) is 4.57 Å². The van der Waals surface area contributed by atoms with Crippen molar-refractivity contribution in [3.63, 3.8) is 0 Å². The highest BCUT2D eigenvalue weighted by Gasteiger charge is 2.16. The molecular weight excluding hydrogens is 376 g/mol. The summed E-state index contributed by atoms with van der Waals surface area (Å²) in [4.78, 5) is 0. The van der Waals surface area contributed by atoms with E-state index < -0.39 is 0 Å². The van der Waals surface area contributed by atoms with Crippen molar-refractivity contribution < 1.29 is 0 Å². The van der Waals surface area contributed by atoms with Gasteiger partial charge in [0.2, 0.25) is 0 Å². The Morgan fingerprint density at radius 2 is 1.67 bits per heavy atom. The predicted molar refractivity (Wildman–Crippen MR) is 112 cm³/mol. The minimum Gasteiger partial charge on any atom is -0.399 e. The third-order valence-corrected chi connectivity index (χ3v) is 5.45. The number of nitrogens with two attached hydrogens (primary N) is 1. The molecule has 0 aliphatic rings. The summed E-state index contributed by atoms with van der Waals surface area (Å²) in [6.45, 7) is 0. The number of nitrogen functional groups attached to an aromatic ring is 1. The average Bonchev–Trinajstić information content (AvgIpc) is 3.12. The van der Waals surface area contributed by atoms with Gasteiger partial charge in [0.15, 0.2) is 11.0 Å². The number of thioether (sulfide) groups is 1. The molecular formula is C21H17ClN4S. The minimum absolute atomic E-state index is 0.695. The topological polar surface area (TPSA) is 56.7 Å². The Morgan fingerprint density at radius 3 is 2.44 bits per heavy atom. The molecule has 1 heterocycles. The van der Waals surface area contributed by atoms with Crippen molar-refractivity contribution in [2.75, 3.05) is 5.73 Å². The van der Waals surface area contributed by atoms with E-state index in [1.807, 2.05) is 78.9 Å². The summed E-state index contributed by atoms with van der Waals surface area (Å²) >= 11 is 7.90.